The van der Waals surface area contributed by atoms with Crippen LogP contribution >= 0.6 is 0 Å². The molecule has 0 radical (unpaired) electrons. The zero-order valence-corrected chi connectivity index (χ0v) is 14.7. The number of para-hydroxylation sites is 1. The second-order valence-corrected chi connectivity index (χ2v) is 6.54. The lowest BCUT2D eigenvalue weighted by molar-refractivity contribution is 0.604. The third-order valence-corrected chi connectivity index (χ3v) is 4.80. The highest BCUT2D eigenvalue weighted by Crippen LogP contribution is 2.28. The second-order valence-electron chi connectivity index (χ2n) is 6.54. The van der Waals surface area contributed by atoms with Crippen molar-refractivity contribution in [1.82, 2.24) is 24.3 Å². The molecule has 0 bridgehead atoms. The highest BCUT2D eigenvalue weighted by Gasteiger charge is 2.14. The van der Waals surface area contributed by atoms with Crippen LogP contribution in [0, 0.1) is 5.82 Å². The summed E-state index contributed by atoms with van der Waals surface area (Å²) in [4.78, 5) is 8.94. The van der Waals surface area contributed by atoms with E-state index in [1.165, 1.54) is 0 Å². The molecule has 27 heavy (non-hydrogen) atoms. The van der Waals surface area contributed by atoms with Gasteiger partial charge in [-0.25, -0.2) is 9.37 Å². The molecule has 5 nitrogen and oxygen atoms in total. The maximum atomic E-state index is 14.9. The predicted molar refractivity (Wildman–Crippen MR) is 103 cm³/mol. The van der Waals surface area contributed by atoms with Crippen LogP contribution in [0.5, 0.6) is 0 Å². The average molecular weight is 357 g/mol. The Kier molecular flexibility index (Phi) is 3.50. The van der Waals surface area contributed by atoms with Gasteiger partial charge in [0.05, 0.1) is 18.3 Å². The zero-order valence-electron chi connectivity index (χ0n) is 14.7. The Morgan fingerprint density at radius 3 is 2.67 bits per heavy atom. The van der Waals surface area contributed by atoms with Gasteiger partial charge in [0.2, 0.25) is 0 Å². The molecule has 5 aromatic rings. The van der Waals surface area contributed by atoms with Gasteiger partial charge in [-0.1, -0.05) is 30.3 Å². The molecule has 2 aromatic carbocycles. The number of nitrogens with zero attached hydrogens (tertiary/aromatic N) is 5. The summed E-state index contributed by atoms with van der Waals surface area (Å²) >= 11 is 0. The number of hydrogen-bond donors (Lipinski definition) is 0. The summed E-state index contributed by atoms with van der Waals surface area (Å²) in [6.07, 6.45) is 6.95. The lowest BCUT2D eigenvalue weighted by atomic mass is 10.1. The summed E-state index contributed by atoms with van der Waals surface area (Å²) < 4.78 is 18.6. The van der Waals surface area contributed by atoms with Crippen molar-refractivity contribution in [3.8, 4) is 11.1 Å². The molecule has 132 valence electrons. The number of rotatable bonds is 3. The third kappa shape index (κ3) is 2.57. The fraction of sp³-hybridized carbons (Fsp3) is 0.0952. The Balaban J connectivity index is 1.61. The fourth-order valence-corrected chi connectivity index (χ4v) is 3.50. The Hall–Kier alpha value is -3.54. The number of hydrogen-bond acceptors (Lipinski definition) is 3. The van der Waals surface area contributed by atoms with Gasteiger partial charge in [-0.15, -0.1) is 0 Å². The largest absolute Gasteiger partial charge is 0.319 e. The maximum Gasteiger partial charge on any atom is 0.160 e. The van der Waals surface area contributed by atoms with Crippen LogP contribution in [0.1, 0.15) is 5.56 Å². The minimum Gasteiger partial charge on any atom is -0.319 e. The Bertz CT molecular complexity index is 1230. The molecule has 0 amide bonds. The van der Waals surface area contributed by atoms with Gasteiger partial charge in [0.25, 0.3) is 0 Å². The molecule has 0 saturated heterocycles. The Morgan fingerprint density at radius 1 is 1.00 bits per heavy atom. The molecule has 0 saturated carbocycles. The van der Waals surface area contributed by atoms with E-state index in [1.807, 2.05) is 54.2 Å². The van der Waals surface area contributed by atoms with E-state index in [-0.39, 0.29) is 5.82 Å². The van der Waals surface area contributed by atoms with Crippen molar-refractivity contribution in [2.45, 2.75) is 6.54 Å². The van der Waals surface area contributed by atoms with Gasteiger partial charge in [-0.3, -0.25) is 9.67 Å². The first-order valence-electron chi connectivity index (χ1n) is 8.66. The van der Waals surface area contributed by atoms with Crippen molar-refractivity contribution in [3.63, 3.8) is 0 Å². The minimum absolute atomic E-state index is 0.244. The van der Waals surface area contributed by atoms with E-state index in [2.05, 4.69) is 15.1 Å². The molecule has 0 spiro atoms. The first-order chi connectivity index (χ1) is 13.2. The summed E-state index contributed by atoms with van der Waals surface area (Å²) in [5, 5.41) is 5.17. The molecule has 0 fully saturated rings. The monoisotopic (exact) mass is 357 g/mol. The van der Waals surface area contributed by atoms with E-state index < -0.39 is 0 Å². The molecular weight excluding hydrogens is 341 g/mol. The van der Waals surface area contributed by atoms with Crippen LogP contribution in [0.15, 0.2) is 67.3 Å². The fourth-order valence-electron chi connectivity index (χ4n) is 3.50. The van der Waals surface area contributed by atoms with Crippen LogP contribution in [0.3, 0.4) is 0 Å². The smallest absolute Gasteiger partial charge is 0.160 e. The lowest BCUT2D eigenvalue weighted by Gasteiger charge is -2.09. The first kappa shape index (κ1) is 15.7. The van der Waals surface area contributed by atoms with Crippen LogP contribution in [-0.4, -0.2) is 24.3 Å². The normalized spacial score (nSPS) is 11.5. The molecule has 0 aliphatic rings. The maximum absolute atomic E-state index is 14.9. The summed E-state index contributed by atoms with van der Waals surface area (Å²) in [5.74, 6) is -0.244. The first-order valence-corrected chi connectivity index (χ1v) is 8.66. The number of aromatic nitrogens is 5. The number of halogens is 1. The standard InChI is InChI=1S/C21H16FN5/c1-26-12-16(11-25-26)14-6-7-15(18(22)10-14)13-27-19-5-3-2-4-17(19)20-21(27)24-9-8-23-20/h2-12H,13H2,1H3. The Labute approximate surface area is 154 Å². The van der Waals surface area contributed by atoms with Crippen LogP contribution in [-0.2, 0) is 13.6 Å². The highest BCUT2D eigenvalue weighted by molar-refractivity contribution is 6.04. The molecule has 3 aromatic heterocycles. The number of benzene rings is 2. The van der Waals surface area contributed by atoms with Gasteiger partial charge >= 0.3 is 0 Å². The highest BCUT2D eigenvalue weighted by atomic mass is 19.1. The van der Waals surface area contributed by atoms with E-state index in [1.54, 1.807) is 29.3 Å². The summed E-state index contributed by atoms with van der Waals surface area (Å²) in [5.41, 5.74) is 4.90. The molecule has 6 heteroatoms. The molecule has 0 aliphatic heterocycles. The van der Waals surface area contributed by atoms with Gasteiger partial charge < -0.3 is 4.57 Å². The van der Waals surface area contributed by atoms with Crippen LogP contribution in [0.2, 0.25) is 0 Å². The van der Waals surface area contributed by atoms with E-state index >= 15 is 0 Å². The van der Waals surface area contributed by atoms with Crippen molar-refractivity contribution in [3.05, 3.63) is 78.6 Å². The lowest BCUT2D eigenvalue weighted by Crippen LogP contribution is -2.03. The Morgan fingerprint density at radius 2 is 1.85 bits per heavy atom. The summed E-state index contributed by atoms with van der Waals surface area (Å²) in [6.45, 7) is 0.391. The molecule has 0 aliphatic carbocycles. The van der Waals surface area contributed by atoms with Crippen LogP contribution in [0.4, 0.5) is 4.39 Å². The molecule has 3 heterocycles. The van der Waals surface area contributed by atoms with Crippen molar-refractivity contribution >= 4 is 22.1 Å². The summed E-state index contributed by atoms with van der Waals surface area (Å²) in [7, 11) is 1.84. The van der Waals surface area contributed by atoms with Gasteiger partial charge in [0, 0.05) is 42.2 Å². The average Bonchev–Trinajstić information content (AvgIpc) is 3.26. The predicted octanol–water partition coefficient (Wildman–Crippen LogP) is 4.17. The number of fused-ring (bicyclic) bond motifs is 3. The van der Waals surface area contributed by atoms with Gasteiger partial charge in [0.1, 0.15) is 11.3 Å². The third-order valence-electron chi connectivity index (χ3n) is 4.80. The quantitative estimate of drug-likeness (QED) is 0.487. The van der Waals surface area contributed by atoms with Crippen molar-refractivity contribution in [2.75, 3.05) is 0 Å². The summed E-state index contributed by atoms with van der Waals surface area (Å²) in [6, 6.07) is 13.3. The zero-order chi connectivity index (χ0) is 18.4. The molecule has 0 N–H and O–H groups in total. The van der Waals surface area contributed by atoms with E-state index in [4.69, 9.17) is 0 Å². The van der Waals surface area contributed by atoms with Crippen LogP contribution < -0.4 is 0 Å². The SMILES string of the molecule is Cn1cc(-c2ccc(Cn3c4ccccc4c4nccnc43)c(F)c2)cn1. The van der Waals surface area contributed by atoms with E-state index in [0.29, 0.717) is 12.1 Å². The molecule has 0 unspecified atom stereocenters. The van der Waals surface area contributed by atoms with Crippen molar-refractivity contribution < 1.29 is 4.39 Å². The molecule has 0 atom stereocenters. The minimum atomic E-state index is -0.244. The van der Waals surface area contributed by atoms with Crippen molar-refractivity contribution in [2.24, 2.45) is 7.05 Å². The van der Waals surface area contributed by atoms with E-state index in [9.17, 15) is 4.39 Å². The van der Waals surface area contributed by atoms with Gasteiger partial charge in [0.15, 0.2) is 5.65 Å². The van der Waals surface area contributed by atoms with Crippen molar-refractivity contribution in [1.29, 1.82) is 0 Å². The second kappa shape index (κ2) is 6.02. The van der Waals surface area contributed by atoms with Gasteiger partial charge in [-0.05, 0) is 17.7 Å². The van der Waals surface area contributed by atoms with Gasteiger partial charge in [-0.2, -0.15) is 5.10 Å². The van der Waals surface area contributed by atoms with Crippen LogP contribution in [0.25, 0.3) is 33.2 Å². The topological polar surface area (TPSA) is 48.5 Å². The molecule has 5 rings (SSSR count). The van der Waals surface area contributed by atoms with E-state index in [0.717, 1.165) is 33.2 Å². The number of aryl methyl sites for hydroxylation is 1. The molecular formula is C21H16FN5.